The maximum atomic E-state index is 12.9. The van der Waals surface area contributed by atoms with Gasteiger partial charge >= 0.3 is 12.1 Å². The predicted octanol–water partition coefficient (Wildman–Crippen LogP) is 6.21. The maximum absolute atomic E-state index is 12.9. The zero-order valence-electron chi connectivity index (χ0n) is 19.0. The monoisotopic (exact) mass is 490 g/mol. The van der Waals surface area contributed by atoms with Crippen LogP contribution >= 0.6 is 11.3 Å². The van der Waals surface area contributed by atoms with Crippen molar-refractivity contribution in [2.75, 3.05) is 0 Å². The Morgan fingerprint density at radius 1 is 1.12 bits per heavy atom. The number of carboxylic acid groups (broad SMARTS) is 1. The molecule has 0 aliphatic heterocycles. The maximum Gasteiger partial charge on any atom is 0.416 e. The molecular formula is C25H25F3N2O3S. The topological polar surface area (TPSA) is 79.3 Å². The Kier molecular flexibility index (Phi) is 7.76. The van der Waals surface area contributed by atoms with Crippen LogP contribution in [0.15, 0.2) is 42.5 Å². The van der Waals surface area contributed by atoms with Gasteiger partial charge in [-0.15, -0.1) is 11.3 Å². The van der Waals surface area contributed by atoms with E-state index in [1.165, 1.54) is 12.1 Å². The second-order valence-corrected chi connectivity index (χ2v) is 9.30. The van der Waals surface area contributed by atoms with Gasteiger partial charge in [-0.2, -0.15) is 13.2 Å². The molecule has 180 valence electrons. The number of hydrogen-bond acceptors (Lipinski definition) is 4. The molecule has 2 N–H and O–H groups in total. The first-order valence-electron chi connectivity index (χ1n) is 10.7. The van der Waals surface area contributed by atoms with Crippen molar-refractivity contribution in [3.05, 3.63) is 75.3 Å². The molecule has 9 heteroatoms. The highest BCUT2D eigenvalue weighted by Gasteiger charge is 2.30. The zero-order valence-corrected chi connectivity index (χ0v) is 19.8. The van der Waals surface area contributed by atoms with Crippen molar-refractivity contribution >= 4 is 23.2 Å². The Balaban J connectivity index is 1.75. The van der Waals surface area contributed by atoms with E-state index in [1.54, 1.807) is 0 Å². The number of halogens is 3. The van der Waals surface area contributed by atoms with Crippen LogP contribution in [-0.4, -0.2) is 22.0 Å². The summed E-state index contributed by atoms with van der Waals surface area (Å²) in [6.45, 7) is 5.99. The van der Waals surface area contributed by atoms with E-state index in [4.69, 9.17) is 5.11 Å². The summed E-state index contributed by atoms with van der Waals surface area (Å²) < 4.78 is 38.6. The first kappa shape index (κ1) is 25.4. The zero-order chi connectivity index (χ0) is 25.0. The Morgan fingerprint density at radius 3 is 2.35 bits per heavy atom. The number of carboxylic acids is 1. The number of alkyl halides is 3. The third kappa shape index (κ3) is 6.22. The molecule has 1 amide bonds. The molecule has 0 aliphatic carbocycles. The Bertz CT molecular complexity index is 1190. The summed E-state index contributed by atoms with van der Waals surface area (Å²) in [5.41, 5.74) is 3.16. The van der Waals surface area contributed by atoms with Crippen molar-refractivity contribution in [3.63, 3.8) is 0 Å². The van der Waals surface area contributed by atoms with Crippen LogP contribution in [0.4, 0.5) is 13.2 Å². The third-order valence-electron chi connectivity index (χ3n) is 5.33. The molecule has 2 aromatic carbocycles. The smallest absolute Gasteiger partial charge is 0.416 e. The van der Waals surface area contributed by atoms with Gasteiger partial charge in [-0.3, -0.25) is 9.59 Å². The summed E-state index contributed by atoms with van der Waals surface area (Å²) in [5, 5.41) is 12.2. The van der Waals surface area contributed by atoms with Gasteiger partial charge in [-0.1, -0.05) is 44.2 Å². The fourth-order valence-electron chi connectivity index (χ4n) is 3.46. The first-order chi connectivity index (χ1) is 16.0. The van der Waals surface area contributed by atoms with E-state index in [9.17, 15) is 22.8 Å². The summed E-state index contributed by atoms with van der Waals surface area (Å²) in [6, 6.07) is 10.4. The van der Waals surface area contributed by atoms with Gasteiger partial charge in [-0.25, -0.2) is 4.98 Å². The molecule has 34 heavy (non-hydrogen) atoms. The SMILES string of the molecule is Cc1cc(CNC(=O)c2sc(-c3ccc(C(F)(F)F)cc3)nc2C(C)C)ccc1CCC(=O)O. The van der Waals surface area contributed by atoms with E-state index >= 15 is 0 Å². The van der Waals surface area contributed by atoms with E-state index in [2.05, 4.69) is 10.3 Å². The molecule has 3 rings (SSSR count). The fraction of sp³-hybridized carbons (Fsp3) is 0.320. The third-order valence-corrected chi connectivity index (χ3v) is 6.45. The molecule has 0 bridgehead atoms. The Hall–Kier alpha value is -3.20. The molecule has 3 aromatic rings. The fourth-order valence-corrected chi connectivity index (χ4v) is 4.61. The summed E-state index contributed by atoms with van der Waals surface area (Å²) >= 11 is 1.15. The lowest BCUT2D eigenvalue weighted by Gasteiger charge is -2.10. The predicted molar refractivity (Wildman–Crippen MR) is 125 cm³/mol. The number of nitrogens with one attached hydrogen (secondary N) is 1. The molecule has 0 saturated carbocycles. The second kappa shape index (κ2) is 10.4. The van der Waals surface area contributed by atoms with Crippen molar-refractivity contribution < 1.29 is 27.9 Å². The number of hydrogen-bond donors (Lipinski definition) is 2. The molecule has 0 saturated heterocycles. The minimum atomic E-state index is -4.41. The van der Waals surface area contributed by atoms with Crippen LogP contribution in [-0.2, 0) is 23.9 Å². The van der Waals surface area contributed by atoms with Crippen LogP contribution in [0.5, 0.6) is 0 Å². The Morgan fingerprint density at radius 2 is 1.79 bits per heavy atom. The van der Waals surface area contributed by atoms with Crippen molar-refractivity contribution in [2.24, 2.45) is 0 Å². The van der Waals surface area contributed by atoms with E-state index in [0.717, 1.165) is 40.2 Å². The number of nitrogens with zero attached hydrogens (tertiary/aromatic N) is 1. The van der Waals surface area contributed by atoms with E-state index in [1.807, 2.05) is 39.0 Å². The Labute approximate surface area is 199 Å². The number of thiazole rings is 1. The molecular weight excluding hydrogens is 465 g/mol. The van der Waals surface area contributed by atoms with Crippen LogP contribution in [0.2, 0.25) is 0 Å². The molecule has 0 atom stereocenters. The van der Waals surface area contributed by atoms with Crippen molar-refractivity contribution in [3.8, 4) is 10.6 Å². The quantitative estimate of drug-likeness (QED) is 0.394. The van der Waals surface area contributed by atoms with Gasteiger partial charge in [0.25, 0.3) is 5.91 Å². The molecule has 0 radical (unpaired) electrons. The van der Waals surface area contributed by atoms with Crippen LogP contribution in [0.3, 0.4) is 0 Å². The van der Waals surface area contributed by atoms with Crippen LogP contribution in [0.25, 0.3) is 10.6 Å². The molecule has 0 fully saturated rings. The van der Waals surface area contributed by atoms with Gasteiger partial charge in [0.1, 0.15) is 9.88 Å². The lowest BCUT2D eigenvalue weighted by molar-refractivity contribution is -0.138. The highest BCUT2D eigenvalue weighted by Crippen LogP contribution is 2.34. The number of carbonyl (C=O) groups is 2. The second-order valence-electron chi connectivity index (χ2n) is 8.30. The number of aryl methyl sites for hydroxylation is 2. The summed E-state index contributed by atoms with van der Waals surface area (Å²) in [5.74, 6) is -1.19. The molecule has 0 aliphatic rings. The van der Waals surface area contributed by atoms with Crippen molar-refractivity contribution in [1.29, 1.82) is 0 Å². The van der Waals surface area contributed by atoms with Gasteiger partial charge in [0, 0.05) is 18.5 Å². The number of rotatable bonds is 8. The van der Waals surface area contributed by atoms with Gasteiger partial charge in [0.05, 0.1) is 11.3 Å². The number of aromatic nitrogens is 1. The average Bonchev–Trinajstić information content (AvgIpc) is 3.22. The first-order valence-corrected chi connectivity index (χ1v) is 11.5. The lowest BCUT2D eigenvalue weighted by Crippen LogP contribution is -2.23. The van der Waals surface area contributed by atoms with Crippen LogP contribution in [0, 0.1) is 6.92 Å². The van der Waals surface area contributed by atoms with Crippen LogP contribution < -0.4 is 5.32 Å². The lowest BCUT2D eigenvalue weighted by atomic mass is 10.0. The van der Waals surface area contributed by atoms with E-state index < -0.39 is 17.7 Å². The summed E-state index contributed by atoms with van der Waals surface area (Å²) in [4.78, 5) is 28.7. The highest BCUT2D eigenvalue weighted by molar-refractivity contribution is 7.17. The highest BCUT2D eigenvalue weighted by atomic mass is 32.1. The minimum Gasteiger partial charge on any atom is -0.481 e. The average molecular weight is 491 g/mol. The van der Waals surface area contributed by atoms with Crippen LogP contribution in [0.1, 0.15) is 63.8 Å². The largest absolute Gasteiger partial charge is 0.481 e. The number of benzene rings is 2. The summed E-state index contributed by atoms with van der Waals surface area (Å²) in [6.07, 6.45) is -3.91. The molecule has 1 aromatic heterocycles. The van der Waals surface area contributed by atoms with Gasteiger partial charge in [-0.05, 0) is 48.1 Å². The number of carbonyl (C=O) groups excluding carboxylic acids is 1. The minimum absolute atomic E-state index is 0.0454. The van der Waals surface area contributed by atoms with Gasteiger partial charge in [0.2, 0.25) is 0 Å². The van der Waals surface area contributed by atoms with Crippen molar-refractivity contribution in [1.82, 2.24) is 10.3 Å². The molecule has 0 spiro atoms. The summed E-state index contributed by atoms with van der Waals surface area (Å²) in [7, 11) is 0. The molecule has 0 unspecified atom stereocenters. The number of amides is 1. The molecule has 1 heterocycles. The standard InChI is InChI=1S/C25H25F3N2O3S/c1-14(2)21-22(34-24(30-21)18-6-9-19(10-7-18)25(26,27)28)23(33)29-13-16-4-5-17(15(3)12-16)8-11-20(31)32/h4-7,9-10,12,14H,8,11,13H2,1-3H3,(H,29,33)(H,31,32). The van der Waals surface area contributed by atoms with Crippen molar-refractivity contribution in [2.45, 2.75) is 52.3 Å². The van der Waals surface area contributed by atoms with E-state index in [0.29, 0.717) is 27.6 Å². The van der Waals surface area contributed by atoms with Gasteiger partial charge < -0.3 is 10.4 Å². The van der Waals surface area contributed by atoms with Gasteiger partial charge in [0.15, 0.2) is 0 Å². The number of aliphatic carboxylic acids is 1. The van der Waals surface area contributed by atoms with E-state index in [-0.39, 0.29) is 24.8 Å². The molecule has 5 nitrogen and oxygen atoms in total. The normalized spacial score (nSPS) is 11.6.